The van der Waals surface area contributed by atoms with Gasteiger partial charge in [0, 0.05) is 6.42 Å². The molecule has 0 aromatic carbocycles. The second kappa shape index (κ2) is 7.80. The Kier molecular flexibility index (Phi) is 7.48. The lowest BCUT2D eigenvalue weighted by atomic mass is 9.88. The number of nitrogens with two attached hydrogens (primary N) is 1. The SMILES string of the molecule is CCC[C@@H](C)C[C@@H](CCN)CC(=O)O. The molecule has 0 aliphatic heterocycles. The molecule has 3 nitrogen and oxygen atoms in total. The van der Waals surface area contributed by atoms with Crippen LogP contribution in [0.2, 0.25) is 0 Å². The summed E-state index contributed by atoms with van der Waals surface area (Å²) in [5.41, 5.74) is 5.46. The molecule has 0 amide bonds. The Labute approximate surface area is 86.7 Å². The number of carboxylic acid groups (broad SMARTS) is 1. The molecule has 3 heteroatoms. The summed E-state index contributed by atoms with van der Waals surface area (Å²) >= 11 is 0. The van der Waals surface area contributed by atoms with Crippen molar-refractivity contribution >= 4 is 5.97 Å². The fourth-order valence-corrected chi connectivity index (χ4v) is 1.97. The molecule has 14 heavy (non-hydrogen) atoms. The second-order valence-electron chi connectivity index (χ2n) is 4.17. The standard InChI is InChI=1S/C11H23NO2/c1-3-4-9(2)7-10(5-6-12)8-11(13)14/h9-10H,3-8,12H2,1-2H3,(H,13,14)/t9-,10-/m1/s1. The lowest BCUT2D eigenvalue weighted by Crippen LogP contribution is -2.15. The molecular formula is C11H23NO2. The van der Waals surface area contributed by atoms with Crippen molar-refractivity contribution in [3.63, 3.8) is 0 Å². The topological polar surface area (TPSA) is 63.3 Å². The maximum absolute atomic E-state index is 10.6. The van der Waals surface area contributed by atoms with E-state index in [-0.39, 0.29) is 12.3 Å². The zero-order chi connectivity index (χ0) is 11.0. The van der Waals surface area contributed by atoms with E-state index in [4.69, 9.17) is 10.8 Å². The minimum atomic E-state index is -0.702. The zero-order valence-corrected chi connectivity index (χ0v) is 9.33. The first-order chi connectivity index (χ1) is 6.60. The molecular weight excluding hydrogens is 178 g/mol. The second-order valence-corrected chi connectivity index (χ2v) is 4.17. The summed E-state index contributed by atoms with van der Waals surface area (Å²) in [5, 5.41) is 8.71. The first-order valence-corrected chi connectivity index (χ1v) is 5.52. The summed E-state index contributed by atoms with van der Waals surface area (Å²) in [6, 6.07) is 0. The van der Waals surface area contributed by atoms with Crippen molar-refractivity contribution in [3.05, 3.63) is 0 Å². The van der Waals surface area contributed by atoms with E-state index in [1.54, 1.807) is 0 Å². The Hall–Kier alpha value is -0.570. The molecule has 0 aromatic heterocycles. The summed E-state index contributed by atoms with van der Waals surface area (Å²) in [4.78, 5) is 10.6. The molecule has 0 rings (SSSR count). The fraction of sp³-hybridized carbons (Fsp3) is 0.909. The third-order valence-electron chi connectivity index (χ3n) is 2.56. The van der Waals surface area contributed by atoms with E-state index in [2.05, 4.69) is 13.8 Å². The zero-order valence-electron chi connectivity index (χ0n) is 9.33. The largest absolute Gasteiger partial charge is 0.481 e. The monoisotopic (exact) mass is 201 g/mol. The number of rotatable bonds is 8. The lowest BCUT2D eigenvalue weighted by Gasteiger charge is -2.18. The van der Waals surface area contributed by atoms with Crippen molar-refractivity contribution in [2.24, 2.45) is 17.6 Å². The van der Waals surface area contributed by atoms with E-state index in [0.717, 1.165) is 12.8 Å². The molecule has 0 saturated carbocycles. The van der Waals surface area contributed by atoms with Gasteiger partial charge in [-0.1, -0.05) is 26.7 Å². The molecule has 0 aromatic rings. The Morgan fingerprint density at radius 1 is 1.43 bits per heavy atom. The number of hydrogen-bond donors (Lipinski definition) is 2. The van der Waals surface area contributed by atoms with Gasteiger partial charge < -0.3 is 10.8 Å². The number of aliphatic carboxylic acids is 1. The maximum Gasteiger partial charge on any atom is 0.303 e. The van der Waals surface area contributed by atoms with Crippen LogP contribution in [0.5, 0.6) is 0 Å². The molecule has 0 radical (unpaired) electrons. The Morgan fingerprint density at radius 3 is 2.50 bits per heavy atom. The Bertz CT molecular complexity index is 159. The van der Waals surface area contributed by atoms with Gasteiger partial charge >= 0.3 is 5.97 Å². The third-order valence-corrected chi connectivity index (χ3v) is 2.56. The highest BCUT2D eigenvalue weighted by Gasteiger charge is 2.15. The van der Waals surface area contributed by atoms with Crippen LogP contribution in [0.3, 0.4) is 0 Å². The van der Waals surface area contributed by atoms with Crippen LogP contribution < -0.4 is 5.73 Å². The Morgan fingerprint density at radius 2 is 2.07 bits per heavy atom. The van der Waals surface area contributed by atoms with Gasteiger partial charge in [-0.05, 0) is 31.2 Å². The first-order valence-electron chi connectivity index (χ1n) is 5.52. The van der Waals surface area contributed by atoms with E-state index in [9.17, 15) is 4.79 Å². The van der Waals surface area contributed by atoms with Crippen molar-refractivity contribution in [2.45, 2.75) is 46.0 Å². The van der Waals surface area contributed by atoms with Gasteiger partial charge in [0.05, 0.1) is 0 Å². The molecule has 0 heterocycles. The van der Waals surface area contributed by atoms with E-state index < -0.39 is 5.97 Å². The highest BCUT2D eigenvalue weighted by Crippen LogP contribution is 2.21. The molecule has 3 N–H and O–H groups in total. The minimum absolute atomic E-state index is 0.263. The third kappa shape index (κ3) is 6.89. The van der Waals surface area contributed by atoms with Gasteiger partial charge in [0.2, 0.25) is 0 Å². The van der Waals surface area contributed by atoms with Crippen LogP contribution in [0, 0.1) is 11.8 Å². The fourth-order valence-electron chi connectivity index (χ4n) is 1.97. The predicted molar refractivity (Wildman–Crippen MR) is 58.1 cm³/mol. The summed E-state index contributed by atoms with van der Waals surface area (Å²) in [7, 11) is 0. The van der Waals surface area contributed by atoms with Crippen LogP contribution in [0.1, 0.15) is 46.0 Å². The quantitative estimate of drug-likeness (QED) is 0.633. The van der Waals surface area contributed by atoms with Gasteiger partial charge in [0.25, 0.3) is 0 Å². The smallest absolute Gasteiger partial charge is 0.303 e. The van der Waals surface area contributed by atoms with Crippen molar-refractivity contribution < 1.29 is 9.90 Å². The van der Waals surface area contributed by atoms with Gasteiger partial charge in [-0.2, -0.15) is 0 Å². The van der Waals surface area contributed by atoms with Crippen LogP contribution in [0.15, 0.2) is 0 Å². The summed E-state index contributed by atoms with van der Waals surface area (Å²) in [6.45, 7) is 4.94. The molecule has 0 bridgehead atoms. The van der Waals surface area contributed by atoms with E-state index >= 15 is 0 Å². The molecule has 0 aliphatic carbocycles. The first kappa shape index (κ1) is 13.4. The van der Waals surface area contributed by atoms with E-state index in [0.29, 0.717) is 12.5 Å². The molecule has 0 unspecified atom stereocenters. The predicted octanol–water partition coefficient (Wildman–Crippen LogP) is 2.25. The van der Waals surface area contributed by atoms with Crippen LogP contribution >= 0.6 is 0 Å². The molecule has 0 aliphatic rings. The minimum Gasteiger partial charge on any atom is -0.481 e. The van der Waals surface area contributed by atoms with E-state index in [1.165, 1.54) is 12.8 Å². The molecule has 0 spiro atoms. The van der Waals surface area contributed by atoms with Crippen molar-refractivity contribution in [3.8, 4) is 0 Å². The summed E-state index contributed by atoms with van der Waals surface area (Å²) in [6.07, 6.45) is 4.45. The number of carboxylic acids is 1. The summed E-state index contributed by atoms with van der Waals surface area (Å²) < 4.78 is 0. The summed E-state index contributed by atoms with van der Waals surface area (Å²) in [5.74, 6) is 0.182. The number of carbonyl (C=O) groups is 1. The van der Waals surface area contributed by atoms with Crippen LogP contribution in [-0.4, -0.2) is 17.6 Å². The van der Waals surface area contributed by atoms with Crippen molar-refractivity contribution in [1.29, 1.82) is 0 Å². The Balaban J connectivity index is 3.87. The van der Waals surface area contributed by atoms with Gasteiger partial charge in [-0.3, -0.25) is 4.79 Å². The normalized spacial score (nSPS) is 15.1. The van der Waals surface area contributed by atoms with Gasteiger partial charge in [0.15, 0.2) is 0 Å². The lowest BCUT2D eigenvalue weighted by molar-refractivity contribution is -0.138. The van der Waals surface area contributed by atoms with E-state index in [1.807, 2.05) is 0 Å². The average molecular weight is 201 g/mol. The van der Waals surface area contributed by atoms with Gasteiger partial charge in [-0.15, -0.1) is 0 Å². The number of hydrogen-bond acceptors (Lipinski definition) is 2. The van der Waals surface area contributed by atoms with Gasteiger partial charge in [0.1, 0.15) is 0 Å². The average Bonchev–Trinajstić information content (AvgIpc) is 2.03. The van der Waals surface area contributed by atoms with Crippen molar-refractivity contribution in [2.75, 3.05) is 6.54 Å². The molecule has 2 atom stereocenters. The van der Waals surface area contributed by atoms with Crippen molar-refractivity contribution in [1.82, 2.24) is 0 Å². The molecule has 0 saturated heterocycles. The highest BCUT2D eigenvalue weighted by molar-refractivity contribution is 5.66. The van der Waals surface area contributed by atoms with Crippen LogP contribution in [0.25, 0.3) is 0 Å². The van der Waals surface area contributed by atoms with Crippen LogP contribution in [0.4, 0.5) is 0 Å². The molecule has 0 fully saturated rings. The van der Waals surface area contributed by atoms with Crippen LogP contribution in [-0.2, 0) is 4.79 Å². The maximum atomic E-state index is 10.6. The highest BCUT2D eigenvalue weighted by atomic mass is 16.4. The van der Waals surface area contributed by atoms with Gasteiger partial charge in [-0.25, -0.2) is 0 Å². The molecule has 84 valence electrons.